The smallest absolute Gasteiger partial charge is 0.0958 e. The van der Waals surface area contributed by atoms with Crippen molar-refractivity contribution in [3.8, 4) is 0 Å². The Morgan fingerprint density at radius 3 is 2.89 bits per heavy atom. The quantitative estimate of drug-likeness (QED) is 0.771. The number of hydrogen-bond acceptors (Lipinski definition) is 2. The molecule has 0 saturated heterocycles. The van der Waals surface area contributed by atoms with Crippen molar-refractivity contribution in [1.82, 2.24) is 14.9 Å². The second-order valence-electron chi connectivity index (χ2n) is 4.95. The molecule has 102 valence electrons. The summed E-state index contributed by atoms with van der Waals surface area (Å²) in [5, 5.41) is 3.54. The van der Waals surface area contributed by atoms with Crippen molar-refractivity contribution in [3.63, 3.8) is 0 Å². The van der Waals surface area contributed by atoms with Crippen LogP contribution in [0, 0.1) is 0 Å². The lowest BCUT2D eigenvalue weighted by atomic mass is 10.1. The summed E-state index contributed by atoms with van der Waals surface area (Å²) >= 11 is 0. The lowest BCUT2D eigenvalue weighted by Gasteiger charge is -2.19. The number of fused-ring (bicyclic) bond motifs is 1. The Bertz CT molecular complexity index is 542. The summed E-state index contributed by atoms with van der Waals surface area (Å²) in [6, 6.07) is 8.70. The molecule has 3 nitrogen and oxygen atoms in total. The predicted molar refractivity (Wildman–Crippen MR) is 81.2 cm³/mol. The van der Waals surface area contributed by atoms with E-state index in [0.717, 1.165) is 31.4 Å². The van der Waals surface area contributed by atoms with Crippen molar-refractivity contribution in [2.45, 2.75) is 39.3 Å². The zero-order valence-corrected chi connectivity index (χ0v) is 11.9. The van der Waals surface area contributed by atoms with Crippen LogP contribution in [-0.2, 0) is 6.54 Å². The number of benzene rings is 1. The number of likely N-dealkylation sites (N-methyl/N-ethyl adjacent to an activating group) is 1. The van der Waals surface area contributed by atoms with Gasteiger partial charge in [-0.25, -0.2) is 4.98 Å². The van der Waals surface area contributed by atoms with Crippen molar-refractivity contribution in [1.29, 1.82) is 0 Å². The molecule has 0 aliphatic carbocycles. The number of para-hydroxylation sites is 2. The molecular formula is C16H23N3. The molecule has 2 aromatic rings. The van der Waals surface area contributed by atoms with Gasteiger partial charge in [-0.2, -0.15) is 0 Å². The topological polar surface area (TPSA) is 29.9 Å². The van der Waals surface area contributed by atoms with Gasteiger partial charge < -0.3 is 9.88 Å². The second-order valence-corrected chi connectivity index (χ2v) is 4.95. The van der Waals surface area contributed by atoms with Crippen LogP contribution in [0.5, 0.6) is 0 Å². The number of imidazole rings is 1. The van der Waals surface area contributed by atoms with E-state index in [1.54, 1.807) is 0 Å². The van der Waals surface area contributed by atoms with Crippen LogP contribution in [0.25, 0.3) is 11.0 Å². The molecule has 0 aliphatic heterocycles. The molecule has 2 rings (SSSR count). The molecule has 0 fully saturated rings. The summed E-state index contributed by atoms with van der Waals surface area (Å²) in [4.78, 5) is 4.44. The summed E-state index contributed by atoms with van der Waals surface area (Å²) in [6.07, 6.45) is 4.01. The Morgan fingerprint density at radius 1 is 1.37 bits per heavy atom. The maximum atomic E-state index is 4.44. The SMILES string of the molecule is C=C(CC)CC(Cn1cnc2ccccc21)NCC. The first kappa shape index (κ1) is 13.8. The van der Waals surface area contributed by atoms with E-state index in [4.69, 9.17) is 0 Å². The van der Waals surface area contributed by atoms with Crippen molar-refractivity contribution in [2.24, 2.45) is 0 Å². The minimum absolute atomic E-state index is 0.426. The van der Waals surface area contributed by atoms with E-state index in [1.165, 1.54) is 11.1 Å². The number of rotatable bonds is 7. The first-order valence-corrected chi connectivity index (χ1v) is 7.04. The molecule has 1 heterocycles. The highest BCUT2D eigenvalue weighted by atomic mass is 15.1. The Labute approximate surface area is 115 Å². The Morgan fingerprint density at radius 2 is 2.16 bits per heavy atom. The maximum absolute atomic E-state index is 4.44. The van der Waals surface area contributed by atoms with Gasteiger partial charge in [0.1, 0.15) is 0 Å². The van der Waals surface area contributed by atoms with E-state index in [0.29, 0.717) is 6.04 Å². The molecule has 1 aromatic heterocycles. The molecule has 1 aromatic carbocycles. The van der Waals surface area contributed by atoms with Crippen LogP contribution in [0.15, 0.2) is 42.7 Å². The molecule has 1 atom stereocenters. The van der Waals surface area contributed by atoms with E-state index in [-0.39, 0.29) is 0 Å². The third-order valence-corrected chi connectivity index (χ3v) is 3.47. The molecule has 19 heavy (non-hydrogen) atoms. The van der Waals surface area contributed by atoms with E-state index in [1.807, 2.05) is 12.4 Å². The van der Waals surface area contributed by atoms with Crippen LogP contribution in [0.4, 0.5) is 0 Å². The van der Waals surface area contributed by atoms with Crippen LogP contribution >= 0.6 is 0 Å². The summed E-state index contributed by atoms with van der Waals surface area (Å²) in [5.41, 5.74) is 3.56. The van der Waals surface area contributed by atoms with E-state index < -0.39 is 0 Å². The molecule has 0 amide bonds. The number of hydrogen-bond donors (Lipinski definition) is 1. The van der Waals surface area contributed by atoms with E-state index >= 15 is 0 Å². The van der Waals surface area contributed by atoms with Gasteiger partial charge >= 0.3 is 0 Å². The molecule has 0 saturated carbocycles. The maximum Gasteiger partial charge on any atom is 0.0958 e. The lowest BCUT2D eigenvalue weighted by molar-refractivity contribution is 0.457. The highest BCUT2D eigenvalue weighted by Crippen LogP contribution is 2.15. The largest absolute Gasteiger partial charge is 0.329 e. The fraction of sp³-hybridized carbons (Fsp3) is 0.438. The Balaban J connectivity index is 2.14. The summed E-state index contributed by atoms with van der Waals surface area (Å²) in [7, 11) is 0. The molecule has 0 aliphatic rings. The predicted octanol–water partition coefficient (Wildman–Crippen LogP) is 3.37. The second kappa shape index (κ2) is 6.53. The van der Waals surface area contributed by atoms with Crippen molar-refractivity contribution >= 4 is 11.0 Å². The zero-order valence-electron chi connectivity index (χ0n) is 11.9. The van der Waals surface area contributed by atoms with Gasteiger partial charge in [-0.1, -0.05) is 38.1 Å². The summed E-state index contributed by atoms with van der Waals surface area (Å²) in [5.74, 6) is 0. The summed E-state index contributed by atoms with van der Waals surface area (Å²) in [6.45, 7) is 10.4. The molecule has 1 N–H and O–H groups in total. The number of nitrogens with zero attached hydrogens (tertiary/aromatic N) is 2. The molecule has 1 unspecified atom stereocenters. The van der Waals surface area contributed by atoms with Crippen LogP contribution in [0.2, 0.25) is 0 Å². The van der Waals surface area contributed by atoms with Gasteiger partial charge in [0.2, 0.25) is 0 Å². The molecule has 0 radical (unpaired) electrons. The minimum atomic E-state index is 0.426. The third kappa shape index (κ3) is 3.44. The first-order valence-electron chi connectivity index (χ1n) is 7.04. The van der Waals surface area contributed by atoms with Gasteiger partial charge in [0.25, 0.3) is 0 Å². The standard InChI is InChI=1S/C16H23N3/c1-4-13(3)10-14(17-5-2)11-19-12-18-15-8-6-7-9-16(15)19/h6-9,12,14,17H,3-5,10-11H2,1-2H3. The van der Waals surface area contributed by atoms with Crippen LogP contribution in [0.3, 0.4) is 0 Å². The highest BCUT2D eigenvalue weighted by Gasteiger charge is 2.11. The van der Waals surface area contributed by atoms with Crippen LogP contribution < -0.4 is 5.32 Å². The number of nitrogens with one attached hydrogen (secondary N) is 1. The summed E-state index contributed by atoms with van der Waals surface area (Å²) < 4.78 is 2.23. The van der Waals surface area contributed by atoms with Gasteiger partial charge in [-0.05, 0) is 31.5 Å². The van der Waals surface area contributed by atoms with Gasteiger partial charge in [0, 0.05) is 12.6 Å². The normalized spacial score (nSPS) is 12.7. The minimum Gasteiger partial charge on any atom is -0.329 e. The number of aromatic nitrogens is 2. The fourth-order valence-corrected chi connectivity index (χ4v) is 2.38. The van der Waals surface area contributed by atoms with Crippen molar-refractivity contribution in [3.05, 3.63) is 42.7 Å². The molecule has 3 heteroatoms. The van der Waals surface area contributed by atoms with Gasteiger partial charge in [-0.3, -0.25) is 0 Å². The van der Waals surface area contributed by atoms with Crippen LogP contribution in [-0.4, -0.2) is 22.1 Å². The zero-order chi connectivity index (χ0) is 13.7. The average Bonchev–Trinajstić information content (AvgIpc) is 2.82. The average molecular weight is 257 g/mol. The molecule has 0 spiro atoms. The fourth-order valence-electron chi connectivity index (χ4n) is 2.38. The Kier molecular flexibility index (Phi) is 4.74. The molecule has 0 bridgehead atoms. The highest BCUT2D eigenvalue weighted by molar-refractivity contribution is 5.74. The van der Waals surface area contributed by atoms with Gasteiger partial charge in [-0.15, -0.1) is 0 Å². The first-order chi connectivity index (χ1) is 9.24. The molecular weight excluding hydrogens is 234 g/mol. The third-order valence-electron chi connectivity index (χ3n) is 3.47. The van der Waals surface area contributed by atoms with Crippen molar-refractivity contribution < 1.29 is 0 Å². The Hall–Kier alpha value is -1.61. The van der Waals surface area contributed by atoms with Crippen molar-refractivity contribution in [2.75, 3.05) is 6.54 Å². The monoisotopic (exact) mass is 257 g/mol. The van der Waals surface area contributed by atoms with E-state index in [9.17, 15) is 0 Å². The van der Waals surface area contributed by atoms with Crippen LogP contribution in [0.1, 0.15) is 26.7 Å². The van der Waals surface area contributed by atoms with Gasteiger partial charge in [0.15, 0.2) is 0 Å². The van der Waals surface area contributed by atoms with E-state index in [2.05, 4.69) is 53.5 Å². The lowest BCUT2D eigenvalue weighted by Crippen LogP contribution is -2.33. The van der Waals surface area contributed by atoms with Gasteiger partial charge in [0.05, 0.1) is 17.4 Å².